The van der Waals surface area contributed by atoms with Crippen LogP contribution in [0.3, 0.4) is 0 Å². The number of rotatable bonds is 5. The highest BCUT2D eigenvalue weighted by atomic mass is 16.8. The summed E-state index contributed by atoms with van der Waals surface area (Å²) >= 11 is 0. The van der Waals surface area contributed by atoms with E-state index < -0.39 is 5.79 Å². The number of hydrogen-bond donors (Lipinski definition) is 1. The molecule has 3 nitrogen and oxygen atoms in total. The molecular weight excluding hydrogens is 202 g/mol. The molecule has 1 fully saturated rings. The van der Waals surface area contributed by atoms with Crippen molar-refractivity contribution >= 4 is 0 Å². The summed E-state index contributed by atoms with van der Waals surface area (Å²) in [5.41, 5.74) is 0. The fourth-order valence-electron chi connectivity index (χ4n) is 2.26. The minimum Gasteiger partial charge on any atom is -0.344 e. The lowest BCUT2D eigenvalue weighted by molar-refractivity contribution is -0.152. The summed E-state index contributed by atoms with van der Waals surface area (Å²) in [5.74, 6) is 0.546. The zero-order chi connectivity index (χ0) is 12.3. The molecule has 1 saturated heterocycles. The van der Waals surface area contributed by atoms with Crippen LogP contribution in [0.25, 0.3) is 0 Å². The molecule has 0 bridgehead atoms. The van der Waals surface area contributed by atoms with Crippen molar-refractivity contribution in [3.8, 4) is 0 Å². The Labute approximate surface area is 99.9 Å². The van der Waals surface area contributed by atoms with Crippen molar-refractivity contribution in [1.29, 1.82) is 0 Å². The highest BCUT2D eigenvalue weighted by Crippen LogP contribution is 2.35. The Hall–Kier alpha value is -0.120. The first-order valence-electron chi connectivity index (χ1n) is 6.43. The summed E-state index contributed by atoms with van der Waals surface area (Å²) in [7, 11) is 0. The van der Waals surface area contributed by atoms with Gasteiger partial charge in [-0.1, -0.05) is 27.7 Å². The highest BCUT2D eigenvalue weighted by molar-refractivity contribution is 4.87. The molecule has 0 aliphatic carbocycles. The van der Waals surface area contributed by atoms with Crippen molar-refractivity contribution in [2.24, 2.45) is 11.8 Å². The van der Waals surface area contributed by atoms with E-state index in [2.05, 4.69) is 33.0 Å². The van der Waals surface area contributed by atoms with Gasteiger partial charge in [0, 0.05) is 6.54 Å². The van der Waals surface area contributed by atoms with Crippen LogP contribution in [0, 0.1) is 11.8 Å². The lowest BCUT2D eigenvalue weighted by Gasteiger charge is -2.25. The van der Waals surface area contributed by atoms with Crippen molar-refractivity contribution in [2.45, 2.75) is 59.5 Å². The molecule has 0 aromatic rings. The van der Waals surface area contributed by atoms with Gasteiger partial charge < -0.3 is 14.8 Å². The minimum atomic E-state index is -0.430. The molecule has 96 valence electrons. The summed E-state index contributed by atoms with van der Waals surface area (Å²) in [4.78, 5) is 0. The third-order valence-corrected chi connectivity index (χ3v) is 3.10. The standard InChI is InChI=1S/C13H27NO2/c1-7-14-8-10(4)12-11(9(2)3)15-13(5,6)16-12/h9-12,14H,7-8H2,1-6H3. The van der Waals surface area contributed by atoms with E-state index in [1.807, 2.05) is 13.8 Å². The molecule has 0 aromatic heterocycles. The molecule has 0 radical (unpaired) electrons. The molecule has 1 aliphatic rings. The van der Waals surface area contributed by atoms with Crippen LogP contribution in [0.4, 0.5) is 0 Å². The Morgan fingerprint density at radius 1 is 1.12 bits per heavy atom. The van der Waals surface area contributed by atoms with Crippen LogP contribution in [0.5, 0.6) is 0 Å². The maximum Gasteiger partial charge on any atom is 0.163 e. The molecule has 16 heavy (non-hydrogen) atoms. The predicted octanol–water partition coefficient (Wildman–Crippen LogP) is 2.41. The quantitative estimate of drug-likeness (QED) is 0.785. The SMILES string of the molecule is CCNCC(C)C1OC(C)(C)OC1C(C)C. The van der Waals surface area contributed by atoms with E-state index in [9.17, 15) is 0 Å². The van der Waals surface area contributed by atoms with Crippen molar-refractivity contribution in [2.75, 3.05) is 13.1 Å². The molecule has 0 amide bonds. The lowest BCUT2D eigenvalue weighted by Crippen LogP contribution is -2.38. The van der Waals surface area contributed by atoms with Crippen LogP contribution in [-0.4, -0.2) is 31.1 Å². The molecule has 1 heterocycles. The van der Waals surface area contributed by atoms with Gasteiger partial charge in [-0.15, -0.1) is 0 Å². The van der Waals surface area contributed by atoms with Gasteiger partial charge in [-0.3, -0.25) is 0 Å². The summed E-state index contributed by atoms with van der Waals surface area (Å²) in [6.07, 6.45) is 0.415. The Morgan fingerprint density at radius 3 is 2.19 bits per heavy atom. The van der Waals surface area contributed by atoms with Gasteiger partial charge in [-0.2, -0.15) is 0 Å². The van der Waals surface area contributed by atoms with Crippen molar-refractivity contribution in [3.63, 3.8) is 0 Å². The molecule has 1 N–H and O–H groups in total. The molecule has 1 aliphatic heterocycles. The highest BCUT2D eigenvalue weighted by Gasteiger charge is 2.44. The second-order valence-corrected chi connectivity index (χ2v) is 5.59. The van der Waals surface area contributed by atoms with E-state index in [1.54, 1.807) is 0 Å². The van der Waals surface area contributed by atoms with Crippen LogP contribution >= 0.6 is 0 Å². The molecular formula is C13H27NO2. The summed E-state index contributed by atoms with van der Waals surface area (Å²) in [6, 6.07) is 0. The topological polar surface area (TPSA) is 30.5 Å². The molecule has 3 heteroatoms. The summed E-state index contributed by atoms with van der Waals surface area (Å²) in [5, 5.41) is 3.38. The van der Waals surface area contributed by atoms with Crippen LogP contribution < -0.4 is 5.32 Å². The number of hydrogen-bond acceptors (Lipinski definition) is 3. The normalized spacial score (nSPS) is 30.9. The fourth-order valence-corrected chi connectivity index (χ4v) is 2.26. The lowest BCUT2D eigenvalue weighted by atomic mass is 9.93. The molecule has 3 atom stereocenters. The zero-order valence-corrected chi connectivity index (χ0v) is 11.5. The fraction of sp³-hybridized carbons (Fsp3) is 1.00. The number of nitrogens with one attached hydrogen (secondary N) is 1. The van der Waals surface area contributed by atoms with Crippen molar-refractivity contribution < 1.29 is 9.47 Å². The van der Waals surface area contributed by atoms with Crippen LogP contribution in [-0.2, 0) is 9.47 Å². The number of ether oxygens (including phenoxy) is 2. The third-order valence-electron chi connectivity index (χ3n) is 3.10. The molecule has 0 aromatic carbocycles. The Bertz CT molecular complexity index is 216. The smallest absolute Gasteiger partial charge is 0.163 e. The van der Waals surface area contributed by atoms with E-state index >= 15 is 0 Å². The van der Waals surface area contributed by atoms with Gasteiger partial charge in [-0.05, 0) is 32.2 Å². The molecule has 1 rings (SSSR count). The monoisotopic (exact) mass is 229 g/mol. The third kappa shape index (κ3) is 3.44. The Morgan fingerprint density at radius 2 is 1.69 bits per heavy atom. The van der Waals surface area contributed by atoms with Gasteiger partial charge in [0.05, 0.1) is 12.2 Å². The maximum absolute atomic E-state index is 6.02. The van der Waals surface area contributed by atoms with Gasteiger partial charge in [0.2, 0.25) is 0 Å². The molecule has 3 unspecified atom stereocenters. The van der Waals surface area contributed by atoms with Crippen LogP contribution in [0.1, 0.15) is 41.5 Å². The van der Waals surface area contributed by atoms with Gasteiger partial charge in [0.25, 0.3) is 0 Å². The summed E-state index contributed by atoms with van der Waals surface area (Å²) < 4.78 is 12.0. The first-order valence-corrected chi connectivity index (χ1v) is 6.43. The first kappa shape index (κ1) is 13.9. The van der Waals surface area contributed by atoms with E-state index in [-0.39, 0.29) is 12.2 Å². The molecule has 0 saturated carbocycles. The Kier molecular flexibility index (Phi) is 4.77. The van der Waals surface area contributed by atoms with E-state index in [0.29, 0.717) is 11.8 Å². The second kappa shape index (κ2) is 5.48. The van der Waals surface area contributed by atoms with E-state index in [4.69, 9.17) is 9.47 Å². The predicted molar refractivity (Wildman–Crippen MR) is 66.4 cm³/mol. The summed E-state index contributed by atoms with van der Waals surface area (Å²) in [6.45, 7) is 14.8. The second-order valence-electron chi connectivity index (χ2n) is 5.59. The van der Waals surface area contributed by atoms with E-state index in [0.717, 1.165) is 13.1 Å². The van der Waals surface area contributed by atoms with Crippen LogP contribution in [0.15, 0.2) is 0 Å². The van der Waals surface area contributed by atoms with Gasteiger partial charge in [-0.25, -0.2) is 0 Å². The van der Waals surface area contributed by atoms with E-state index in [1.165, 1.54) is 0 Å². The largest absolute Gasteiger partial charge is 0.344 e. The van der Waals surface area contributed by atoms with Crippen LogP contribution in [0.2, 0.25) is 0 Å². The molecule has 0 spiro atoms. The minimum absolute atomic E-state index is 0.203. The van der Waals surface area contributed by atoms with Crippen molar-refractivity contribution in [1.82, 2.24) is 5.32 Å². The van der Waals surface area contributed by atoms with Gasteiger partial charge in [0.15, 0.2) is 5.79 Å². The maximum atomic E-state index is 6.02. The average molecular weight is 229 g/mol. The van der Waals surface area contributed by atoms with Crippen molar-refractivity contribution in [3.05, 3.63) is 0 Å². The average Bonchev–Trinajstić information content (AvgIpc) is 2.51. The Balaban J connectivity index is 2.62. The zero-order valence-electron chi connectivity index (χ0n) is 11.5. The van der Waals surface area contributed by atoms with Gasteiger partial charge in [0.1, 0.15) is 0 Å². The van der Waals surface area contributed by atoms with Gasteiger partial charge >= 0.3 is 0 Å². The first-order chi connectivity index (χ1) is 7.37.